The first-order chi connectivity index (χ1) is 8.54. The highest BCUT2D eigenvalue weighted by Crippen LogP contribution is 2.39. The summed E-state index contributed by atoms with van der Waals surface area (Å²) in [7, 11) is 0. The van der Waals surface area contributed by atoms with Gasteiger partial charge in [-0.05, 0) is 39.4 Å². The van der Waals surface area contributed by atoms with Crippen molar-refractivity contribution in [2.24, 2.45) is 0 Å². The highest BCUT2D eigenvalue weighted by atomic mass is 32.2. The average molecular weight is 285 g/mol. The van der Waals surface area contributed by atoms with Crippen molar-refractivity contribution >= 4 is 23.1 Å². The summed E-state index contributed by atoms with van der Waals surface area (Å²) in [6, 6.07) is 0. The van der Waals surface area contributed by atoms with E-state index in [1.165, 1.54) is 35.0 Å². The molecule has 1 aromatic rings. The molecule has 1 atom stereocenters. The number of nitrogens with one attached hydrogen (secondary N) is 1. The molecule has 1 aliphatic heterocycles. The molecule has 0 aromatic carbocycles. The number of aromatic nitrogens is 2. The number of hydrogen-bond acceptors (Lipinski definition) is 5. The van der Waals surface area contributed by atoms with Crippen molar-refractivity contribution in [2.45, 2.75) is 57.2 Å². The minimum Gasteiger partial charge on any atom is -0.312 e. The summed E-state index contributed by atoms with van der Waals surface area (Å²) in [5, 5.41) is 15.2. The monoisotopic (exact) mass is 285 g/mol. The van der Waals surface area contributed by atoms with Gasteiger partial charge in [0, 0.05) is 18.5 Å². The molecule has 0 aliphatic carbocycles. The van der Waals surface area contributed by atoms with Gasteiger partial charge in [0.15, 0.2) is 0 Å². The Bertz CT molecular complexity index is 365. The smallest absolute Gasteiger partial charge is 0.130 e. The van der Waals surface area contributed by atoms with Crippen molar-refractivity contribution in [1.82, 2.24) is 15.5 Å². The molecule has 1 aromatic heterocycles. The fourth-order valence-corrected chi connectivity index (χ4v) is 4.36. The summed E-state index contributed by atoms with van der Waals surface area (Å²) < 4.78 is 0. The van der Waals surface area contributed by atoms with E-state index < -0.39 is 0 Å². The van der Waals surface area contributed by atoms with E-state index in [9.17, 15) is 0 Å². The Labute approximate surface area is 118 Å². The molecule has 1 saturated heterocycles. The molecule has 5 heteroatoms. The molecule has 0 bridgehead atoms. The fraction of sp³-hybridized carbons (Fsp3) is 0.846. The molecule has 0 saturated carbocycles. The maximum Gasteiger partial charge on any atom is 0.130 e. The second kappa shape index (κ2) is 6.35. The van der Waals surface area contributed by atoms with Gasteiger partial charge in [-0.25, -0.2) is 0 Å². The van der Waals surface area contributed by atoms with Gasteiger partial charge in [-0.1, -0.05) is 6.42 Å². The van der Waals surface area contributed by atoms with Gasteiger partial charge in [0.05, 0.1) is 5.25 Å². The number of rotatable bonds is 4. The Kier molecular flexibility index (Phi) is 5.04. The molecule has 3 nitrogen and oxygen atoms in total. The molecule has 0 spiro atoms. The molecule has 0 amide bonds. The quantitative estimate of drug-likeness (QED) is 0.920. The first-order valence-electron chi connectivity index (χ1n) is 6.73. The van der Waals surface area contributed by atoms with Crippen LogP contribution in [0.5, 0.6) is 0 Å². The van der Waals surface area contributed by atoms with Crippen LogP contribution in [0.4, 0.5) is 0 Å². The lowest BCUT2D eigenvalue weighted by Gasteiger charge is -2.19. The third kappa shape index (κ3) is 4.52. The minimum absolute atomic E-state index is 0.187. The first-order valence-corrected chi connectivity index (χ1v) is 8.60. The summed E-state index contributed by atoms with van der Waals surface area (Å²) >= 11 is 3.86. The van der Waals surface area contributed by atoms with E-state index in [-0.39, 0.29) is 5.54 Å². The van der Waals surface area contributed by atoms with Gasteiger partial charge in [-0.3, -0.25) is 0 Å². The molecule has 1 N–H and O–H groups in total. The summed E-state index contributed by atoms with van der Waals surface area (Å²) in [6.45, 7) is 7.56. The lowest BCUT2D eigenvalue weighted by molar-refractivity contribution is 0.429. The van der Waals surface area contributed by atoms with Crippen LogP contribution in [0.2, 0.25) is 0 Å². The molecular formula is C13H23N3S2. The Morgan fingerprint density at radius 2 is 2.11 bits per heavy atom. The Morgan fingerprint density at radius 3 is 2.78 bits per heavy atom. The predicted molar refractivity (Wildman–Crippen MR) is 80.4 cm³/mol. The van der Waals surface area contributed by atoms with Crippen LogP contribution in [0.3, 0.4) is 0 Å². The Morgan fingerprint density at radius 1 is 1.28 bits per heavy atom. The highest BCUT2D eigenvalue weighted by molar-refractivity contribution is 7.99. The zero-order valence-corrected chi connectivity index (χ0v) is 13.2. The van der Waals surface area contributed by atoms with Gasteiger partial charge < -0.3 is 5.32 Å². The van der Waals surface area contributed by atoms with E-state index in [1.807, 2.05) is 0 Å². The molecule has 0 radical (unpaired) electrons. The van der Waals surface area contributed by atoms with E-state index in [1.54, 1.807) is 11.3 Å². The minimum atomic E-state index is 0.187. The molecule has 1 fully saturated rings. The number of hydrogen-bond donors (Lipinski definition) is 1. The topological polar surface area (TPSA) is 37.8 Å². The van der Waals surface area contributed by atoms with E-state index in [4.69, 9.17) is 0 Å². The van der Waals surface area contributed by atoms with Crippen molar-refractivity contribution in [3.63, 3.8) is 0 Å². The fourth-order valence-electron chi connectivity index (χ4n) is 1.98. The first kappa shape index (κ1) is 14.3. The maximum absolute atomic E-state index is 4.37. The van der Waals surface area contributed by atoms with E-state index in [0.29, 0.717) is 5.25 Å². The van der Waals surface area contributed by atoms with Crippen molar-refractivity contribution in [2.75, 3.05) is 12.3 Å². The molecule has 2 heterocycles. The summed E-state index contributed by atoms with van der Waals surface area (Å²) in [6.07, 6.45) is 4.98. The normalized spacial score (nSPS) is 21.2. The largest absolute Gasteiger partial charge is 0.312 e. The highest BCUT2D eigenvalue weighted by Gasteiger charge is 2.20. The molecule has 1 unspecified atom stereocenters. The summed E-state index contributed by atoms with van der Waals surface area (Å²) in [5.74, 6) is 1.28. The van der Waals surface area contributed by atoms with Crippen LogP contribution < -0.4 is 5.32 Å². The van der Waals surface area contributed by atoms with Crippen molar-refractivity contribution in [1.29, 1.82) is 0 Å². The van der Waals surface area contributed by atoms with Crippen LogP contribution in [0, 0.1) is 0 Å². The molecule has 2 rings (SSSR count). The second-order valence-corrected chi connectivity index (χ2v) is 8.22. The van der Waals surface area contributed by atoms with Gasteiger partial charge in [0.1, 0.15) is 10.0 Å². The van der Waals surface area contributed by atoms with Gasteiger partial charge in [-0.2, -0.15) is 11.8 Å². The molecule has 18 heavy (non-hydrogen) atoms. The molecule has 102 valence electrons. The van der Waals surface area contributed by atoms with Crippen molar-refractivity contribution in [3.8, 4) is 0 Å². The van der Waals surface area contributed by atoms with E-state index >= 15 is 0 Å². The number of thioether (sulfide) groups is 1. The zero-order valence-electron chi connectivity index (χ0n) is 11.5. The van der Waals surface area contributed by atoms with Crippen LogP contribution in [0.15, 0.2) is 0 Å². The van der Waals surface area contributed by atoms with Crippen LogP contribution >= 0.6 is 23.1 Å². The van der Waals surface area contributed by atoms with Gasteiger partial charge in [0.2, 0.25) is 0 Å². The SMILES string of the molecule is CC(C)(C)NCCc1nnc(C2CCCCS2)s1. The van der Waals surface area contributed by atoms with Crippen LogP contribution in [-0.2, 0) is 6.42 Å². The van der Waals surface area contributed by atoms with E-state index in [0.717, 1.165) is 13.0 Å². The zero-order chi connectivity index (χ0) is 13.0. The van der Waals surface area contributed by atoms with Gasteiger partial charge >= 0.3 is 0 Å². The number of nitrogens with zero attached hydrogens (tertiary/aromatic N) is 2. The lowest BCUT2D eigenvalue weighted by Crippen LogP contribution is -2.37. The summed E-state index contributed by atoms with van der Waals surface area (Å²) in [5.41, 5.74) is 0.187. The van der Waals surface area contributed by atoms with Gasteiger partial charge in [0.25, 0.3) is 0 Å². The predicted octanol–water partition coefficient (Wildman–Crippen LogP) is 3.43. The van der Waals surface area contributed by atoms with Crippen LogP contribution in [0.1, 0.15) is 55.3 Å². The van der Waals surface area contributed by atoms with Crippen molar-refractivity contribution < 1.29 is 0 Å². The third-order valence-corrected chi connectivity index (χ3v) is 5.56. The Balaban J connectivity index is 1.82. The second-order valence-electron chi connectivity index (χ2n) is 5.82. The molecular weight excluding hydrogens is 262 g/mol. The van der Waals surface area contributed by atoms with Gasteiger partial charge in [-0.15, -0.1) is 21.5 Å². The average Bonchev–Trinajstić information content (AvgIpc) is 2.77. The summed E-state index contributed by atoms with van der Waals surface area (Å²) in [4.78, 5) is 0. The van der Waals surface area contributed by atoms with E-state index in [2.05, 4.69) is 48.0 Å². The third-order valence-electron chi connectivity index (χ3n) is 2.93. The standard InChI is InChI=1S/C13H23N3S2/c1-13(2,3)14-8-7-11-15-16-12(18-11)10-6-4-5-9-17-10/h10,14H,4-9H2,1-3H3. The van der Waals surface area contributed by atoms with Crippen LogP contribution in [0.25, 0.3) is 0 Å². The van der Waals surface area contributed by atoms with Crippen LogP contribution in [-0.4, -0.2) is 28.0 Å². The maximum atomic E-state index is 4.37. The lowest BCUT2D eigenvalue weighted by atomic mass is 10.1. The van der Waals surface area contributed by atoms with Crippen molar-refractivity contribution in [3.05, 3.63) is 10.0 Å². The molecule has 1 aliphatic rings. The Hall–Kier alpha value is -0.130.